The van der Waals surface area contributed by atoms with Gasteiger partial charge in [0.1, 0.15) is 5.01 Å². The third kappa shape index (κ3) is 5.41. The maximum atomic E-state index is 11.9. The zero-order valence-electron chi connectivity index (χ0n) is 19.2. The van der Waals surface area contributed by atoms with Gasteiger partial charge in [0.25, 0.3) is 5.13 Å². The van der Waals surface area contributed by atoms with Crippen molar-refractivity contribution < 1.29 is 24.6 Å². The van der Waals surface area contributed by atoms with Crippen molar-refractivity contribution in [1.29, 1.82) is 0 Å². The Morgan fingerprint density at radius 3 is 2.64 bits per heavy atom. The van der Waals surface area contributed by atoms with Crippen LogP contribution < -0.4 is 5.32 Å². The summed E-state index contributed by atoms with van der Waals surface area (Å²) in [4.78, 5) is 38.8. The number of carboxylic acids is 2. The van der Waals surface area contributed by atoms with Crippen LogP contribution in [0.2, 0.25) is 0 Å². The van der Waals surface area contributed by atoms with Gasteiger partial charge in [-0.15, -0.1) is 25.5 Å². The number of H-pyrrole nitrogens is 1. The van der Waals surface area contributed by atoms with Gasteiger partial charge in [-0.3, -0.25) is 14.7 Å². The van der Waals surface area contributed by atoms with Crippen molar-refractivity contribution in [3.63, 3.8) is 0 Å². The molecule has 3 aromatic heterocycles. The molecule has 0 aliphatic rings. The Hall–Kier alpha value is -4.53. The largest absolute Gasteiger partial charge is 0.481 e. The highest BCUT2D eigenvalue weighted by molar-refractivity contribution is 7.14. The van der Waals surface area contributed by atoms with Crippen LogP contribution in [-0.2, 0) is 9.59 Å². The first-order valence-corrected chi connectivity index (χ1v) is 11.6. The van der Waals surface area contributed by atoms with Gasteiger partial charge >= 0.3 is 11.9 Å². The number of hydrogen-bond acceptors (Lipinski definition) is 10. The number of hydrogen-bond donors (Lipinski definition) is 4. The van der Waals surface area contributed by atoms with Crippen LogP contribution in [0.5, 0.6) is 0 Å². The number of nitrogens with zero attached hydrogens (tertiary/aromatic N) is 7. The molecule has 1 atom stereocenters. The van der Waals surface area contributed by atoms with Gasteiger partial charge in [0, 0.05) is 24.4 Å². The summed E-state index contributed by atoms with van der Waals surface area (Å²) in [5.41, 5.74) is 1.35. The fourth-order valence-corrected chi connectivity index (χ4v) is 3.80. The topological polar surface area (TPSA) is 200 Å². The van der Waals surface area contributed by atoms with Gasteiger partial charge in [0.15, 0.2) is 11.5 Å². The predicted octanol–water partition coefficient (Wildman–Crippen LogP) is 3.08. The molecule has 1 aromatic carbocycles. The summed E-state index contributed by atoms with van der Waals surface area (Å²) in [5, 5.41) is 45.8. The number of nitrogens with one attached hydrogen (secondary N) is 2. The molecular weight excluding hydrogens is 490 g/mol. The highest BCUT2D eigenvalue weighted by Gasteiger charge is 2.23. The smallest absolute Gasteiger partial charge is 0.336 e. The number of rotatable bonds is 10. The summed E-state index contributed by atoms with van der Waals surface area (Å²) >= 11 is 1.24. The molecule has 0 spiro atoms. The molecular formula is C21H21N9O5S. The van der Waals surface area contributed by atoms with Crippen LogP contribution in [-0.4, -0.2) is 64.6 Å². The lowest BCUT2D eigenvalue weighted by Crippen LogP contribution is -2.28. The molecule has 14 nitrogen and oxygen atoms in total. The van der Waals surface area contributed by atoms with Crippen LogP contribution in [0, 0.1) is 6.92 Å². The Morgan fingerprint density at radius 2 is 1.94 bits per heavy atom. The fourth-order valence-electron chi connectivity index (χ4n) is 3.30. The molecule has 3 heterocycles. The highest BCUT2D eigenvalue weighted by atomic mass is 32.1. The Balaban J connectivity index is 1.68. The predicted molar refractivity (Wildman–Crippen MR) is 127 cm³/mol. The summed E-state index contributed by atoms with van der Waals surface area (Å²) in [5.74, 6) is -2.46. The van der Waals surface area contributed by atoms with Gasteiger partial charge in [-0.1, -0.05) is 36.5 Å². The van der Waals surface area contributed by atoms with E-state index in [0.29, 0.717) is 32.9 Å². The molecule has 0 fully saturated rings. The van der Waals surface area contributed by atoms with Gasteiger partial charge in [-0.05, 0) is 13.0 Å². The number of aliphatic carboxylic acids is 1. The Bertz CT molecular complexity index is 1470. The molecule has 15 heteroatoms. The van der Waals surface area contributed by atoms with Crippen molar-refractivity contribution in [2.75, 3.05) is 6.54 Å². The number of benzene rings is 1. The van der Waals surface area contributed by atoms with Crippen molar-refractivity contribution in [1.82, 2.24) is 35.3 Å². The van der Waals surface area contributed by atoms with E-state index >= 15 is 0 Å². The maximum Gasteiger partial charge on any atom is 0.336 e. The van der Waals surface area contributed by atoms with Crippen LogP contribution in [0.3, 0.4) is 0 Å². The van der Waals surface area contributed by atoms with Crippen LogP contribution in [0.15, 0.2) is 34.5 Å². The second-order valence-corrected chi connectivity index (χ2v) is 8.95. The van der Waals surface area contributed by atoms with E-state index in [9.17, 15) is 19.5 Å². The van der Waals surface area contributed by atoms with Crippen molar-refractivity contribution in [2.45, 2.75) is 32.6 Å². The Morgan fingerprint density at radius 1 is 1.17 bits per heavy atom. The number of carbonyl (C=O) groups excluding carboxylic acids is 1. The monoisotopic (exact) mass is 511 g/mol. The van der Waals surface area contributed by atoms with E-state index in [2.05, 4.69) is 40.9 Å². The van der Waals surface area contributed by atoms with E-state index in [1.54, 1.807) is 32.0 Å². The summed E-state index contributed by atoms with van der Waals surface area (Å²) in [7, 11) is 0. The molecule has 36 heavy (non-hydrogen) atoms. The van der Waals surface area contributed by atoms with E-state index in [1.165, 1.54) is 22.0 Å². The number of aromatic nitrogens is 6. The number of azo groups is 1. The normalized spacial score (nSPS) is 12.3. The fraction of sp³-hybridized carbons (Fsp3) is 0.286. The maximum absolute atomic E-state index is 11.9. The summed E-state index contributed by atoms with van der Waals surface area (Å²) in [6.45, 7) is 3.78. The van der Waals surface area contributed by atoms with Gasteiger partial charge in [0.2, 0.25) is 11.6 Å². The molecule has 1 amide bonds. The molecule has 186 valence electrons. The number of aromatic amines is 1. The number of carbonyl (C=O) groups is 3. The first kappa shape index (κ1) is 24.6. The SMILES string of the molecule is Cc1nnc(N=Nc2c(-c3ccccc3C(=O)O)[nH]n3nc(C(C)CNC(=O)CCC(=O)O)nc23)s1. The van der Waals surface area contributed by atoms with Crippen molar-refractivity contribution in [3.05, 3.63) is 40.7 Å². The van der Waals surface area contributed by atoms with E-state index in [4.69, 9.17) is 5.11 Å². The molecule has 0 aliphatic carbocycles. The average Bonchev–Trinajstić information content (AvgIpc) is 3.54. The van der Waals surface area contributed by atoms with Crippen molar-refractivity contribution in [3.8, 4) is 11.3 Å². The van der Waals surface area contributed by atoms with Gasteiger partial charge in [-0.2, -0.15) is 4.63 Å². The quantitative estimate of drug-likeness (QED) is 0.231. The van der Waals surface area contributed by atoms with Crippen LogP contribution in [0.25, 0.3) is 16.9 Å². The van der Waals surface area contributed by atoms with E-state index in [-0.39, 0.29) is 42.5 Å². The third-order valence-corrected chi connectivity index (χ3v) is 5.80. The molecule has 4 N–H and O–H groups in total. The first-order chi connectivity index (χ1) is 17.2. The molecule has 4 rings (SSSR count). The minimum atomic E-state index is -1.11. The second-order valence-electron chi connectivity index (χ2n) is 7.79. The molecule has 0 aliphatic heterocycles. The number of fused-ring (bicyclic) bond motifs is 1. The standard InChI is InChI=1S/C21H21N9O5S/c1-10(9-22-14(31)7-8-15(32)33)18-23-19-17(25-27-21-26-24-11(2)36-21)16(28-30(19)29-18)12-5-3-4-6-13(12)20(34)35/h3-6,10,28H,7-9H2,1-2H3,(H,22,31)(H,32,33)(H,34,35). The molecule has 0 saturated heterocycles. The van der Waals surface area contributed by atoms with E-state index in [1.807, 2.05) is 0 Å². The zero-order valence-corrected chi connectivity index (χ0v) is 20.0. The average molecular weight is 512 g/mol. The van der Waals surface area contributed by atoms with Crippen molar-refractivity contribution >= 4 is 45.6 Å². The minimum absolute atomic E-state index is 0.0582. The lowest BCUT2D eigenvalue weighted by molar-refractivity contribution is -0.138. The van der Waals surface area contributed by atoms with Gasteiger partial charge < -0.3 is 15.5 Å². The van der Waals surface area contributed by atoms with Crippen LogP contribution in [0.4, 0.5) is 10.8 Å². The lowest BCUT2D eigenvalue weighted by Gasteiger charge is -2.09. The number of aryl methyl sites for hydroxylation is 1. The highest BCUT2D eigenvalue weighted by Crippen LogP contribution is 2.36. The third-order valence-electron chi connectivity index (χ3n) is 5.08. The van der Waals surface area contributed by atoms with Gasteiger partial charge in [-0.25, -0.2) is 9.78 Å². The molecule has 1 unspecified atom stereocenters. The first-order valence-electron chi connectivity index (χ1n) is 10.7. The Labute approximate surface area is 207 Å². The van der Waals surface area contributed by atoms with E-state index < -0.39 is 11.9 Å². The number of amides is 1. The lowest BCUT2D eigenvalue weighted by atomic mass is 10.0. The Kier molecular flexibility index (Phi) is 7.10. The minimum Gasteiger partial charge on any atom is -0.481 e. The van der Waals surface area contributed by atoms with Crippen LogP contribution >= 0.6 is 11.3 Å². The van der Waals surface area contributed by atoms with Gasteiger partial charge in [0.05, 0.1) is 17.7 Å². The number of carboxylic acid groups (broad SMARTS) is 2. The molecule has 0 bridgehead atoms. The summed E-state index contributed by atoms with van der Waals surface area (Å²) in [6.07, 6.45) is -0.378. The van der Waals surface area contributed by atoms with Crippen LogP contribution in [0.1, 0.15) is 46.9 Å². The molecule has 0 saturated carbocycles. The second kappa shape index (κ2) is 10.4. The van der Waals surface area contributed by atoms with Crippen molar-refractivity contribution in [2.24, 2.45) is 10.2 Å². The summed E-state index contributed by atoms with van der Waals surface area (Å²) in [6, 6.07) is 6.44. The zero-order chi connectivity index (χ0) is 25.8. The van der Waals surface area contributed by atoms with E-state index in [0.717, 1.165) is 0 Å². The molecule has 0 radical (unpaired) electrons. The summed E-state index contributed by atoms with van der Waals surface area (Å²) < 4.78 is 1.37. The molecule has 4 aromatic rings. The number of aromatic carboxylic acids is 1.